The number of fused-ring (bicyclic) bond motifs is 4. The van der Waals surface area contributed by atoms with E-state index in [1.807, 2.05) is 18.2 Å². The third kappa shape index (κ3) is 5.81. The topological polar surface area (TPSA) is 94.2 Å². The number of ether oxygens (including phenoxy) is 3. The van der Waals surface area contributed by atoms with Gasteiger partial charge in [0.25, 0.3) is 5.91 Å². The predicted molar refractivity (Wildman–Crippen MR) is 168 cm³/mol. The van der Waals surface area contributed by atoms with E-state index in [9.17, 15) is 13.2 Å². The number of amides is 1. The quantitative estimate of drug-likeness (QED) is 0.453. The number of methoxy groups -OCH3 is 2. The molecule has 1 amide bonds. The maximum Gasteiger partial charge on any atom is 0.264 e. The lowest BCUT2D eigenvalue weighted by Gasteiger charge is -2.46. The zero-order chi connectivity index (χ0) is 30.4. The Hall–Kier alpha value is -2.59. The van der Waals surface area contributed by atoms with E-state index in [0.29, 0.717) is 30.6 Å². The van der Waals surface area contributed by atoms with Crippen LogP contribution in [0.2, 0.25) is 5.02 Å². The molecule has 2 bridgehead atoms. The Balaban J connectivity index is 1.43. The minimum atomic E-state index is -4.02. The van der Waals surface area contributed by atoms with Crippen LogP contribution < -0.4 is 14.4 Å². The van der Waals surface area contributed by atoms with Gasteiger partial charge in [-0.05, 0) is 98.7 Å². The lowest BCUT2D eigenvalue weighted by Crippen LogP contribution is -2.49. The number of rotatable bonds is 2. The maximum absolute atomic E-state index is 13.4. The van der Waals surface area contributed by atoms with Gasteiger partial charge in [-0.15, -0.1) is 0 Å². The van der Waals surface area contributed by atoms with E-state index in [1.165, 1.54) is 18.2 Å². The molecule has 10 heteroatoms. The smallest absolute Gasteiger partial charge is 0.264 e. The summed E-state index contributed by atoms with van der Waals surface area (Å²) in [5, 5.41) is -0.205. The fourth-order valence-electron chi connectivity index (χ4n) is 7.50. The summed E-state index contributed by atoms with van der Waals surface area (Å²) in [6.07, 6.45) is 8.82. The van der Waals surface area contributed by atoms with Crippen LogP contribution in [0.3, 0.4) is 0 Å². The van der Waals surface area contributed by atoms with Gasteiger partial charge in [0, 0.05) is 43.3 Å². The molecule has 1 N–H and O–H groups in total. The highest BCUT2D eigenvalue weighted by Gasteiger charge is 2.44. The highest BCUT2D eigenvalue weighted by molar-refractivity contribution is 7.90. The van der Waals surface area contributed by atoms with E-state index in [1.54, 1.807) is 32.2 Å². The van der Waals surface area contributed by atoms with E-state index in [0.717, 1.165) is 55.9 Å². The summed E-state index contributed by atoms with van der Waals surface area (Å²) in [5.74, 6) is 0.743. The van der Waals surface area contributed by atoms with Gasteiger partial charge in [0.05, 0.1) is 24.5 Å². The number of nitrogens with zero attached hydrogens (tertiary/aromatic N) is 1. The number of carbonyl (C=O) groups is 1. The molecule has 1 saturated carbocycles. The second-order valence-electron chi connectivity index (χ2n) is 12.6. The molecule has 6 rings (SSSR count). The third-order valence-electron chi connectivity index (χ3n) is 10.2. The van der Waals surface area contributed by atoms with Gasteiger partial charge in [0.1, 0.15) is 11.0 Å². The van der Waals surface area contributed by atoms with Gasteiger partial charge in [0.2, 0.25) is 10.0 Å². The van der Waals surface area contributed by atoms with E-state index in [2.05, 4.69) is 21.8 Å². The molecule has 2 aliphatic carbocycles. The van der Waals surface area contributed by atoms with Gasteiger partial charge < -0.3 is 19.1 Å². The lowest BCUT2D eigenvalue weighted by molar-refractivity contribution is 0.0129. The summed E-state index contributed by atoms with van der Waals surface area (Å²) < 4.78 is 46.9. The van der Waals surface area contributed by atoms with Crippen molar-refractivity contribution in [3.8, 4) is 5.75 Å². The second kappa shape index (κ2) is 12.1. The van der Waals surface area contributed by atoms with Crippen LogP contribution in [-0.2, 0) is 31.3 Å². The number of hydrogen-bond donors (Lipinski definition) is 1. The normalized spacial score (nSPS) is 32.8. The monoisotopic (exact) mass is 628 g/mol. The number of hydrogen-bond acceptors (Lipinski definition) is 7. The molecule has 0 aromatic heterocycles. The molecule has 2 heterocycles. The van der Waals surface area contributed by atoms with Crippen molar-refractivity contribution >= 4 is 33.2 Å². The zero-order valence-corrected chi connectivity index (χ0v) is 26.6. The van der Waals surface area contributed by atoms with Gasteiger partial charge in [-0.25, -0.2) is 13.1 Å². The van der Waals surface area contributed by atoms with Crippen LogP contribution in [0, 0.1) is 11.8 Å². The molecule has 0 saturated heterocycles. The number of sulfonamides is 1. The molecule has 0 radical (unpaired) electrons. The molecule has 2 aromatic rings. The van der Waals surface area contributed by atoms with Crippen LogP contribution in [0.15, 0.2) is 48.6 Å². The minimum absolute atomic E-state index is 0.0867. The second-order valence-corrected chi connectivity index (χ2v) is 15.1. The van der Waals surface area contributed by atoms with Crippen LogP contribution in [0.1, 0.15) is 60.5 Å². The Labute approximate surface area is 259 Å². The summed E-state index contributed by atoms with van der Waals surface area (Å²) in [7, 11) is -0.792. The first-order valence-electron chi connectivity index (χ1n) is 15.2. The first kappa shape index (κ1) is 30.4. The molecule has 6 atom stereocenters. The van der Waals surface area contributed by atoms with E-state index < -0.39 is 27.3 Å². The largest absolute Gasteiger partial charge is 0.490 e. The minimum Gasteiger partial charge on any atom is -0.490 e. The number of benzene rings is 2. The fraction of sp³-hybridized carbons (Fsp3) is 0.545. The molecule has 1 spiro atoms. The fourth-order valence-corrected chi connectivity index (χ4v) is 8.87. The Morgan fingerprint density at radius 3 is 2.70 bits per heavy atom. The van der Waals surface area contributed by atoms with E-state index in [-0.39, 0.29) is 17.1 Å². The van der Waals surface area contributed by atoms with Crippen LogP contribution in [-0.4, -0.2) is 65.7 Å². The van der Waals surface area contributed by atoms with E-state index >= 15 is 0 Å². The van der Waals surface area contributed by atoms with Crippen molar-refractivity contribution in [1.82, 2.24) is 4.72 Å². The highest BCUT2D eigenvalue weighted by atomic mass is 35.5. The van der Waals surface area contributed by atoms with Crippen LogP contribution in [0.5, 0.6) is 5.75 Å². The molecular weight excluding hydrogens is 588 g/mol. The highest BCUT2D eigenvalue weighted by Crippen LogP contribution is 2.47. The van der Waals surface area contributed by atoms with Gasteiger partial charge in [-0.2, -0.15) is 0 Å². The van der Waals surface area contributed by atoms with Crippen LogP contribution in [0.4, 0.5) is 5.69 Å². The summed E-state index contributed by atoms with van der Waals surface area (Å²) in [5.41, 5.74) is 3.39. The molecule has 232 valence electrons. The van der Waals surface area contributed by atoms with Gasteiger partial charge in [-0.1, -0.05) is 29.8 Å². The van der Waals surface area contributed by atoms with E-state index in [4.69, 9.17) is 25.8 Å². The number of carbonyl (C=O) groups excluding carboxylic acids is 1. The summed E-state index contributed by atoms with van der Waals surface area (Å²) in [4.78, 5) is 15.8. The standard InChI is InChI=1S/C33H41ClN2O6S/c1-21-29(40-2)7-4-8-30(41-3)26-12-9-24(26)18-36-19-33(15-5-6-22-16-25(34)11-13-27(22)33)20-42-31-14-10-23(17-28(31)36)32(37)35-43(21,38)39/h4,8,10-11,13-14,16-17,21,24,26,29-30H,5-7,9,12,15,18-20H2,1-3H3,(H,35,37)/b8-4-/t21-,24+,26-,29+,30+,33+/m1/s1. The summed E-state index contributed by atoms with van der Waals surface area (Å²) >= 11 is 6.40. The zero-order valence-electron chi connectivity index (χ0n) is 25.1. The third-order valence-corrected chi connectivity index (χ3v) is 12.2. The van der Waals surface area contributed by atoms with Crippen molar-refractivity contribution in [2.24, 2.45) is 11.8 Å². The summed E-state index contributed by atoms with van der Waals surface area (Å²) in [6.45, 7) is 3.58. The van der Waals surface area contributed by atoms with Crippen molar-refractivity contribution in [3.63, 3.8) is 0 Å². The maximum atomic E-state index is 13.4. The van der Waals surface area contributed by atoms with Crippen molar-refractivity contribution in [2.75, 3.05) is 38.8 Å². The first-order chi connectivity index (χ1) is 20.6. The first-order valence-corrected chi connectivity index (χ1v) is 17.2. The van der Waals surface area contributed by atoms with Crippen LogP contribution >= 0.6 is 11.6 Å². The number of nitrogens with one attached hydrogen (secondary N) is 1. The predicted octanol–water partition coefficient (Wildman–Crippen LogP) is 5.28. The lowest BCUT2D eigenvalue weighted by atomic mass is 9.68. The molecule has 2 aliphatic heterocycles. The molecular formula is C33H41ClN2O6S. The molecule has 43 heavy (non-hydrogen) atoms. The Bertz CT molecular complexity index is 1510. The van der Waals surface area contributed by atoms with Crippen LogP contribution in [0.25, 0.3) is 0 Å². The Morgan fingerprint density at radius 1 is 1.12 bits per heavy atom. The van der Waals surface area contributed by atoms with Gasteiger partial charge in [0.15, 0.2) is 0 Å². The molecule has 2 aromatic carbocycles. The number of halogens is 1. The Morgan fingerprint density at radius 2 is 1.95 bits per heavy atom. The number of anilines is 1. The van der Waals surface area contributed by atoms with Gasteiger partial charge >= 0.3 is 0 Å². The van der Waals surface area contributed by atoms with Crippen molar-refractivity contribution in [1.29, 1.82) is 0 Å². The number of aryl methyl sites for hydroxylation is 1. The molecule has 1 fully saturated rings. The Kier molecular flexibility index (Phi) is 8.54. The molecule has 4 aliphatic rings. The average molecular weight is 629 g/mol. The van der Waals surface area contributed by atoms with Gasteiger partial charge in [-0.3, -0.25) is 4.79 Å². The van der Waals surface area contributed by atoms with Crippen molar-refractivity contribution < 1.29 is 27.4 Å². The molecule has 8 nitrogen and oxygen atoms in total. The molecule has 0 unspecified atom stereocenters. The van der Waals surface area contributed by atoms with Crippen molar-refractivity contribution in [2.45, 2.75) is 68.3 Å². The van der Waals surface area contributed by atoms with Crippen molar-refractivity contribution in [3.05, 3.63) is 70.3 Å². The summed E-state index contributed by atoms with van der Waals surface area (Å²) in [6, 6.07) is 11.4. The SMILES string of the molecule is CO[C@H]1/C=C\C[C@H](OC)[C@@H](C)S(=O)(=O)NC(=O)c2ccc3c(c2)N(C[C@@H]2CC[C@H]21)C[C@@]1(CCCc2cc(Cl)ccc21)CO3. The average Bonchev–Trinajstić information content (AvgIpc) is 3.12.